The number of nitrogens with zero attached hydrogens (tertiary/aromatic N) is 1. The van der Waals surface area contributed by atoms with Crippen molar-refractivity contribution in [2.75, 3.05) is 21.1 Å². The molecule has 0 aromatic heterocycles. The fraction of sp³-hybridized carbons (Fsp3) is 0.920. The van der Waals surface area contributed by atoms with Gasteiger partial charge in [0.05, 0.1) is 21.1 Å². The number of rotatable bonds is 20. The van der Waals surface area contributed by atoms with Crippen LogP contribution in [-0.4, -0.2) is 30.9 Å². The molecule has 0 aliphatic heterocycles. The largest absolute Gasteiger partial charge is 0.590 e. The van der Waals surface area contributed by atoms with E-state index in [0.29, 0.717) is 10.9 Å². The zero-order chi connectivity index (χ0) is 22.0. The average Bonchev–Trinajstić information content (AvgIpc) is 2.66. The van der Waals surface area contributed by atoms with Gasteiger partial charge < -0.3 is 4.89 Å². The van der Waals surface area contributed by atoms with E-state index >= 15 is 0 Å². The molecule has 3 nitrogen and oxygen atoms in total. The zero-order valence-corrected chi connectivity index (χ0v) is 21.3. The van der Waals surface area contributed by atoms with Crippen molar-refractivity contribution in [2.24, 2.45) is 0 Å². The van der Waals surface area contributed by atoms with Crippen LogP contribution in [-0.2, 0) is 4.57 Å². The summed E-state index contributed by atoms with van der Waals surface area (Å²) in [6, 6.07) is 0. The Kier molecular flexibility index (Phi) is 17.3. The van der Waals surface area contributed by atoms with Crippen LogP contribution in [0.1, 0.15) is 123 Å². The van der Waals surface area contributed by atoms with Crippen LogP contribution < -0.4 is 4.89 Å². The summed E-state index contributed by atoms with van der Waals surface area (Å²) in [6.45, 7) is 4.28. The highest BCUT2D eigenvalue weighted by Crippen LogP contribution is 2.44. The standard InChI is InChI=1S/C25H51NO2P/c1-6-8-9-10-11-12-13-14-15-16-17-18-19-20-21-22-23-24-25(7-2,29(27)28)26(3,4)5/h14-15H,6-13,16-24H2,1-5H3/q+1. The summed E-state index contributed by atoms with van der Waals surface area (Å²) in [4.78, 5) is 11.9. The lowest BCUT2D eigenvalue weighted by Crippen LogP contribution is -2.55. The molecule has 0 heterocycles. The van der Waals surface area contributed by atoms with Crippen molar-refractivity contribution in [3.05, 3.63) is 12.2 Å². The Bertz CT molecular complexity index is 431. The van der Waals surface area contributed by atoms with E-state index in [1.54, 1.807) is 0 Å². The maximum atomic E-state index is 11.9. The van der Waals surface area contributed by atoms with Gasteiger partial charge in [0.25, 0.3) is 5.28 Å². The average molecular weight is 429 g/mol. The van der Waals surface area contributed by atoms with Gasteiger partial charge in [-0.05, 0) is 32.1 Å². The highest BCUT2D eigenvalue weighted by molar-refractivity contribution is 7.38. The molecule has 0 spiro atoms. The van der Waals surface area contributed by atoms with Gasteiger partial charge >= 0.3 is 8.03 Å². The fourth-order valence-electron chi connectivity index (χ4n) is 4.28. The highest BCUT2D eigenvalue weighted by atomic mass is 31.1. The summed E-state index contributed by atoms with van der Waals surface area (Å²) in [6.07, 6.45) is 25.7. The van der Waals surface area contributed by atoms with E-state index in [4.69, 9.17) is 0 Å². The number of unbranched alkanes of at least 4 members (excludes halogenated alkanes) is 13. The van der Waals surface area contributed by atoms with Crippen molar-refractivity contribution in [1.29, 1.82) is 0 Å². The van der Waals surface area contributed by atoms with Crippen molar-refractivity contribution in [3.8, 4) is 0 Å². The minimum atomic E-state index is -2.41. The summed E-state index contributed by atoms with van der Waals surface area (Å²) in [5.74, 6) is 0. The lowest BCUT2D eigenvalue weighted by atomic mass is 10.0. The van der Waals surface area contributed by atoms with Gasteiger partial charge in [0.1, 0.15) is 0 Å². The summed E-state index contributed by atoms with van der Waals surface area (Å²) in [7, 11) is 3.62. The van der Waals surface area contributed by atoms with Gasteiger partial charge in [-0.2, -0.15) is 0 Å². The van der Waals surface area contributed by atoms with Crippen molar-refractivity contribution < 1.29 is 13.9 Å². The first-order chi connectivity index (χ1) is 13.8. The molecule has 0 N–H and O–H groups in total. The normalized spacial score (nSPS) is 15.0. The predicted molar refractivity (Wildman–Crippen MR) is 127 cm³/mol. The molecule has 172 valence electrons. The Balaban J connectivity index is 3.62. The number of quaternary nitrogens is 1. The molecule has 0 amide bonds. The van der Waals surface area contributed by atoms with Crippen LogP contribution in [0.2, 0.25) is 0 Å². The van der Waals surface area contributed by atoms with Gasteiger partial charge in [-0.3, -0.25) is 4.48 Å². The first-order valence-electron chi connectivity index (χ1n) is 12.4. The first-order valence-corrected chi connectivity index (χ1v) is 13.6. The third-order valence-electron chi connectivity index (χ3n) is 6.49. The Labute approximate surface area is 183 Å². The summed E-state index contributed by atoms with van der Waals surface area (Å²) in [5.41, 5.74) is 0. The van der Waals surface area contributed by atoms with Crippen LogP contribution in [0.25, 0.3) is 0 Å². The molecular weight excluding hydrogens is 377 g/mol. The van der Waals surface area contributed by atoms with Gasteiger partial charge in [0, 0.05) is 12.8 Å². The molecule has 4 heteroatoms. The molecule has 0 aliphatic rings. The predicted octanol–water partition coefficient (Wildman–Crippen LogP) is 7.72. The van der Waals surface area contributed by atoms with Gasteiger partial charge in [-0.1, -0.05) is 94.8 Å². The molecule has 29 heavy (non-hydrogen) atoms. The molecule has 2 unspecified atom stereocenters. The van der Waals surface area contributed by atoms with Crippen LogP contribution in [0, 0.1) is 0 Å². The van der Waals surface area contributed by atoms with Crippen molar-refractivity contribution in [3.63, 3.8) is 0 Å². The van der Waals surface area contributed by atoms with E-state index in [2.05, 4.69) is 19.1 Å². The fourth-order valence-corrected chi connectivity index (χ4v) is 5.37. The second-order valence-corrected chi connectivity index (χ2v) is 11.0. The van der Waals surface area contributed by atoms with Crippen LogP contribution in [0.15, 0.2) is 12.2 Å². The Morgan fingerprint density at radius 1 is 0.724 bits per heavy atom. The number of hydrogen-bond acceptors (Lipinski definition) is 2. The third kappa shape index (κ3) is 12.9. The van der Waals surface area contributed by atoms with Crippen molar-refractivity contribution >= 4 is 8.03 Å². The smallest absolute Gasteiger partial charge is 0.376 e. The van der Waals surface area contributed by atoms with E-state index < -0.39 is 13.3 Å². The number of allylic oxidation sites excluding steroid dienone is 2. The van der Waals surface area contributed by atoms with Crippen LogP contribution in [0.4, 0.5) is 0 Å². The highest BCUT2D eigenvalue weighted by Gasteiger charge is 2.52. The Morgan fingerprint density at radius 3 is 1.52 bits per heavy atom. The van der Waals surface area contributed by atoms with Crippen molar-refractivity contribution in [1.82, 2.24) is 0 Å². The van der Waals surface area contributed by atoms with Gasteiger partial charge in [0.2, 0.25) is 0 Å². The minimum absolute atomic E-state index is 0.509. The van der Waals surface area contributed by atoms with Crippen molar-refractivity contribution in [2.45, 2.75) is 128 Å². The Hall–Kier alpha value is -0.240. The molecule has 0 aliphatic carbocycles. The SMILES string of the molecule is CCCCCCCCC=CCCCCCCCCCC(CC)([P+](=O)[O-])[N+](C)(C)C. The molecule has 0 saturated carbocycles. The van der Waals surface area contributed by atoms with E-state index in [1.165, 1.54) is 83.5 Å². The van der Waals surface area contributed by atoms with Gasteiger partial charge in [0.15, 0.2) is 0 Å². The molecule has 0 saturated heterocycles. The van der Waals surface area contributed by atoms with E-state index in [9.17, 15) is 9.46 Å². The topological polar surface area (TPSA) is 40.1 Å². The molecule has 0 aromatic carbocycles. The second-order valence-electron chi connectivity index (χ2n) is 9.65. The van der Waals surface area contributed by atoms with E-state index in [1.807, 2.05) is 28.1 Å². The first kappa shape index (κ1) is 28.8. The van der Waals surface area contributed by atoms with Crippen LogP contribution in [0.3, 0.4) is 0 Å². The lowest BCUT2D eigenvalue weighted by molar-refractivity contribution is -0.910. The molecular formula is C25H51NO2P+. The molecule has 0 radical (unpaired) electrons. The van der Waals surface area contributed by atoms with Gasteiger partial charge in [-0.15, -0.1) is 0 Å². The van der Waals surface area contributed by atoms with Gasteiger partial charge in [-0.25, -0.2) is 0 Å². The summed E-state index contributed by atoms with van der Waals surface area (Å²) in [5, 5.41) is -0.600. The molecule has 0 aromatic rings. The second kappa shape index (κ2) is 17.4. The third-order valence-corrected chi connectivity index (χ3v) is 8.31. The zero-order valence-electron chi connectivity index (χ0n) is 20.4. The maximum absolute atomic E-state index is 11.9. The summed E-state index contributed by atoms with van der Waals surface area (Å²) >= 11 is 0. The quantitative estimate of drug-likeness (QED) is 0.0861. The summed E-state index contributed by atoms with van der Waals surface area (Å²) < 4.78 is 12.4. The molecule has 0 fully saturated rings. The van der Waals surface area contributed by atoms with E-state index in [0.717, 1.165) is 19.3 Å². The minimum Gasteiger partial charge on any atom is -0.590 e. The van der Waals surface area contributed by atoms with Crippen LogP contribution in [0.5, 0.6) is 0 Å². The maximum Gasteiger partial charge on any atom is 0.376 e. The van der Waals surface area contributed by atoms with E-state index in [-0.39, 0.29) is 0 Å². The molecule has 0 bridgehead atoms. The van der Waals surface area contributed by atoms with Crippen LogP contribution >= 0.6 is 8.03 Å². The number of hydrogen-bond donors (Lipinski definition) is 0. The Morgan fingerprint density at radius 2 is 1.14 bits per heavy atom. The monoisotopic (exact) mass is 428 g/mol. The lowest BCUT2D eigenvalue weighted by Gasteiger charge is -2.39. The molecule has 0 rings (SSSR count). The molecule has 2 atom stereocenters.